The van der Waals surface area contributed by atoms with Gasteiger partial charge in [0, 0.05) is 0 Å². The highest BCUT2D eigenvalue weighted by Gasteiger charge is 2.21. The van der Waals surface area contributed by atoms with Crippen LogP contribution in [0.1, 0.15) is 8.29 Å². The third kappa shape index (κ3) is 1.05. The Morgan fingerprint density at radius 2 is 2.75 bits per heavy atom. The molecule has 0 bridgehead atoms. The second-order valence-corrected chi connectivity index (χ2v) is 1.52. The van der Waals surface area contributed by atoms with Crippen molar-refractivity contribution in [1.29, 1.82) is 0 Å². The third-order valence-corrected chi connectivity index (χ3v) is 0.871. The zero-order chi connectivity index (χ0) is 6.91. The first-order valence-electron chi connectivity index (χ1n) is 2.85. The van der Waals surface area contributed by atoms with Crippen molar-refractivity contribution in [3.8, 4) is 0 Å². The maximum atomic E-state index is 9.96. The molecule has 1 aliphatic rings. The highest BCUT2D eigenvalue weighted by atomic mass is 16.7. The molecule has 1 rings (SSSR count). The van der Waals surface area contributed by atoms with Crippen LogP contribution in [0.5, 0.6) is 0 Å². The SMILES string of the molecule is [3H]C1([C]=O)COC(C)O1. The molecular weight excluding hydrogens is 108 g/mol. The van der Waals surface area contributed by atoms with E-state index in [2.05, 4.69) is 0 Å². The van der Waals surface area contributed by atoms with Crippen LogP contribution in [0.2, 0.25) is 0 Å². The minimum Gasteiger partial charge on any atom is -0.350 e. The number of hydrogen-bond acceptors (Lipinski definition) is 3. The van der Waals surface area contributed by atoms with E-state index in [1.807, 2.05) is 0 Å². The van der Waals surface area contributed by atoms with E-state index in [9.17, 15) is 4.79 Å². The zero-order valence-electron chi connectivity index (χ0n) is 5.51. The van der Waals surface area contributed by atoms with E-state index >= 15 is 0 Å². The topological polar surface area (TPSA) is 35.5 Å². The average Bonchev–Trinajstić information content (AvgIpc) is 2.13. The van der Waals surface area contributed by atoms with E-state index in [1.165, 1.54) is 6.29 Å². The molecule has 1 aliphatic heterocycles. The van der Waals surface area contributed by atoms with E-state index in [0.717, 1.165) is 0 Å². The summed E-state index contributed by atoms with van der Waals surface area (Å²) in [6.45, 7) is 1.62. The number of carbonyl (C=O) groups excluding carboxylic acids is 1. The van der Waals surface area contributed by atoms with E-state index < -0.39 is 12.4 Å². The normalized spacial score (nSPS) is 48.6. The predicted octanol–water partition coefficient (Wildman–Crippen LogP) is -0.142. The zero-order valence-corrected chi connectivity index (χ0v) is 4.51. The Morgan fingerprint density at radius 3 is 3.00 bits per heavy atom. The fraction of sp³-hybridized carbons (Fsp3) is 0.800. The van der Waals surface area contributed by atoms with E-state index in [-0.39, 0.29) is 6.61 Å². The van der Waals surface area contributed by atoms with E-state index in [1.54, 1.807) is 6.92 Å². The van der Waals surface area contributed by atoms with Crippen LogP contribution in [-0.2, 0) is 14.3 Å². The van der Waals surface area contributed by atoms with Gasteiger partial charge in [0.25, 0.3) is 0 Å². The highest BCUT2D eigenvalue weighted by molar-refractivity contribution is 5.57. The van der Waals surface area contributed by atoms with Crippen molar-refractivity contribution < 1.29 is 15.6 Å². The molecule has 8 heavy (non-hydrogen) atoms. The molecular formula is C5H7O3. The molecule has 0 aliphatic carbocycles. The molecule has 0 saturated carbocycles. The Hall–Kier alpha value is -0.410. The Morgan fingerprint density at radius 1 is 2.00 bits per heavy atom. The maximum Gasteiger partial charge on any atom is 0.232 e. The Kier molecular flexibility index (Phi) is 1.25. The molecule has 1 fully saturated rings. The minimum absolute atomic E-state index is 0.0162. The van der Waals surface area contributed by atoms with Crippen molar-refractivity contribution in [3.05, 3.63) is 0 Å². The summed E-state index contributed by atoms with van der Waals surface area (Å²) in [5.74, 6) is 0. The van der Waals surface area contributed by atoms with Crippen LogP contribution in [0, 0.1) is 0 Å². The highest BCUT2D eigenvalue weighted by Crippen LogP contribution is 2.07. The fourth-order valence-corrected chi connectivity index (χ4v) is 0.515. The molecule has 1 radical (unpaired) electrons. The molecule has 0 amide bonds. The molecule has 0 N–H and O–H groups in total. The van der Waals surface area contributed by atoms with Gasteiger partial charge in [0.15, 0.2) is 12.4 Å². The summed E-state index contributed by atoms with van der Waals surface area (Å²) in [5.41, 5.74) is 0. The molecule has 0 aromatic carbocycles. The van der Waals surface area contributed by atoms with Gasteiger partial charge in [-0.15, -0.1) is 0 Å². The van der Waals surface area contributed by atoms with Gasteiger partial charge in [0.2, 0.25) is 6.29 Å². The van der Waals surface area contributed by atoms with Gasteiger partial charge in [-0.05, 0) is 6.92 Å². The second-order valence-electron chi connectivity index (χ2n) is 1.52. The molecule has 0 aromatic rings. The molecule has 1 saturated heterocycles. The van der Waals surface area contributed by atoms with Crippen molar-refractivity contribution in [2.45, 2.75) is 19.3 Å². The average molecular weight is 117 g/mol. The monoisotopic (exact) mass is 117 g/mol. The number of hydrogen-bond donors (Lipinski definition) is 0. The van der Waals surface area contributed by atoms with Gasteiger partial charge in [0.1, 0.15) is 0 Å². The summed E-state index contributed by atoms with van der Waals surface area (Å²) < 4.78 is 16.6. The van der Waals surface area contributed by atoms with Crippen molar-refractivity contribution >= 4 is 6.29 Å². The van der Waals surface area contributed by atoms with Crippen LogP contribution in [0.3, 0.4) is 0 Å². The largest absolute Gasteiger partial charge is 0.350 e. The molecule has 3 heteroatoms. The number of ether oxygens (including phenoxy) is 2. The van der Waals surface area contributed by atoms with Gasteiger partial charge in [-0.1, -0.05) is 0 Å². The van der Waals surface area contributed by atoms with Crippen LogP contribution in [0.25, 0.3) is 0 Å². The Labute approximate surface area is 49.0 Å². The first kappa shape index (κ1) is 4.47. The minimum atomic E-state index is -1.57. The fourth-order valence-electron chi connectivity index (χ4n) is 0.515. The summed E-state index contributed by atoms with van der Waals surface area (Å²) in [6, 6.07) is 0. The first-order chi connectivity index (χ1) is 4.16. The van der Waals surface area contributed by atoms with Gasteiger partial charge in [-0.3, -0.25) is 4.79 Å². The second kappa shape index (κ2) is 2.24. The summed E-state index contributed by atoms with van der Waals surface area (Å²) in [5, 5.41) is 0. The number of rotatable bonds is 1. The molecule has 0 aromatic heterocycles. The maximum absolute atomic E-state index is 9.96. The van der Waals surface area contributed by atoms with E-state index in [4.69, 9.17) is 10.8 Å². The lowest BCUT2D eigenvalue weighted by Gasteiger charge is -1.97. The van der Waals surface area contributed by atoms with Crippen LogP contribution in [-0.4, -0.2) is 25.3 Å². The first-order valence-corrected chi connectivity index (χ1v) is 2.35. The van der Waals surface area contributed by atoms with Crippen LogP contribution >= 0.6 is 0 Å². The summed E-state index contributed by atoms with van der Waals surface area (Å²) in [6.07, 6.45) is -0.585. The summed E-state index contributed by atoms with van der Waals surface area (Å²) in [7, 11) is 0. The Balaban J connectivity index is 2.54. The van der Waals surface area contributed by atoms with E-state index in [0.29, 0.717) is 0 Å². The van der Waals surface area contributed by atoms with Crippen LogP contribution in [0.4, 0.5) is 0 Å². The van der Waals surface area contributed by atoms with Crippen molar-refractivity contribution in [2.24, 2.45) is 0 Å². The Bertz CT molecular complexity index is 127. The molecule has 2 atom stereocenters. The van der Waals surface area contributed by atoms with Gasteiger partial charge in [-0.25, -0.2) is 0 Å². The molecule has 2 unspecified atom stereocenters. The van der Waals surface area contributed by atoms with Crippen molar-refractivity contribution in [2.75, 3.05) is 6.61 Å². The lowest BCUT2D eigenvalue weighted by molar-refractivity contribution is -0.0326. The van der Waals surface area contributed by atoms with Crippen LogP contribution < -0.4 is 0 Å². The van der Waals surface area contributed by atoms with Gasteiger partial charge in [-0.2, -0.15) is 0 Å². The van der Waals surface area contributed by atoms with Gasteiger partial charge >= 0.3 is 0 Å². The smallest absolute Gasteiger partial charge is 0.232 e. The molecule has 45 valence electrons. The van der Waals surface area contributed by atoms with Crippen molar-refractivity contribution in [3.63, 3.8) is 0 Å². The molecule has 0 spiro atoms. The summed E-state index contributed by atoms with van der Waals surface area (Å²) >= 11 is 0. The molecule has 3 nitrogen and oxygen atoms in total. The lowest BCUT2D eigenvalue weighted by atomic mass is 10.4. The lowest BCUT2D eigenvalue weighted by Crippen LogP contribution is -2.10. The third-order valence-electron chi connectivity index (χ3n) is 0.871. The quantitative estimate of drug-likeness (QED) is 0.479. The van der Waals surface area contributed by atoms with Crippen molar-refractivity contribution in [1.82, 2.24) is 0 Å². The molecule has 1 heterocycles. The predicted molar refractivity (Wildman–Crippen MR) is 26.0 cm³/mol. The summed E-state index contributed by atoms with van der Waals surface area (Å²) in [4.78, 5) is 9.96. The standard InChI is InChI=1S/C5H7O3/c1-4-7-3-5(2-6)8-4/h4-5H,3H2,1H3/i5T. The van der Waals surface area contributed by atoms with Crippen LogP contribution in [0.15, 0.2) is 0 Å². The van der Waals surface area contributed by atoms with Gasteiger partial charge < -0.3 is 9.47 Å². The van der Waals surface area contributed by atoms with Gasteiger partial charge in [0.05, 0.1) is 7.98 Å².